The molecule has 7 heteroatoms. The molecule has 1 aromatic carbocycles. The summed E-state index contributed by atoms with van der Waals surface area (Å²) in [4.78, 5) is 11.9. The van der Waals surface area contributed by atoms with Crippen molar-refractivity contribution >= 4 is 17.7 Å². The molecule has 1 saturated carbocycles. The highest BCUT2D eigenvalue weighted by Crippen LogP contribution is 2.26. The highest BCUT2D eigenvalue weighted by atomic mass is 32.2. The molecule has 24 heavy (non-hydrogen) atoms. The van der Waals surface area contributed by atoms with Crippen molar-refractivity contribution in [3.05, 3.63) is 36.9 Å². The van der Waals surface area contributed by atoms with Gasteiger partial charge in [0, 0.05) is 18.2 Å². The number of nitrogens with one attached hydrogen (secondary N) is 1. The minimum atomic E-state index is 0.0432. The molecule has 1 N–H and O–H groups in total. The van der Waals surface area contributed by atoms with E-state index in [2.05, 4.69) is 22.1 Å². The van der Waals surface area contributed by atoms with Crippen LogP contribution in [0, 0.1) is 0 Å². The predicted octanol–water partition coefficient (Wildman–Crippen LogP) is 2.51. The lowest BCUT2D eigenvalue weighted by atomic mass is 10.2. The topological polar surface area (TPSA) is 69.0 Å². The van der Waals surface area contributed by atoms with E-state index in [9.17, 15) is 4.79 Å². The van der Waals surface area contributed by atoms with Crippen LogP contribution in [0.1, 0.15) is 12.8 Å². The summed E-state index contributed by atoms with van der Waals surface area (Å²) in [6, 6.07) is 8.03. The van der Waals surface area contributed by atoms with Gasteiger partial charge in [-0.3, -0.25) is 9.36 Å². The summed E-state index contributed by atoms with van der Waals surface area (Å²) in [5.74, 6) is 1.93. The van der Waals surface area contributed by atoms with Crippen LogP contribution in [0.2, 0.25) is 0 Å². The lowest BCUT2D eigenvalue weighted by molar-refractivity contribution is -0.118. The Hall–Kier alpha value is -2.28. The van der Waals surface area contributed by atoms with Crippen LogP contribution in [-0.2, 0) is 11.3 Å². The van der Waals surface area contributed by atoms with Crippen LogP contribution in [0.5, 0.6) is 5.75 Å². The van der Waals surface area contributed by atoms with Gasteiger partial charge in [0.1, 0.15) is 5.75 Å². The van der Waals surface area contributed by atoms with Gasteiger partial charge in [0.2, 0.25) is 5.91 Å². The maximum absolute atomic E-state index is 11.9. The molecule has 1 amide bonds. The first-order valence-corrected chi connectivity index (χ1v) is 8.80. The van der Waals surface area contributed by atoms with E-state index in [4.69, 9.17) is 4.74 Å². The third kappa shape index (κ3) is 3.97. The molecule has 1 fully saturated rings. The van der Waals surface area contributed by atoms with Crippen molar-refractivity contribution in [2.24, 2.45) is 0 Å². The molecule has 2 aromatic rings. The van der Waals surface area contributed by atoms with Crippen molar-refractivity contribution in [2.45, 2.75) is 30.6 Å². The largest absolute Gasteiger partial charge is 0.497 e. The van der Waals surface area contributed by atoms with Gasteiger partial charge in [-0.05, 0) is 37.1 Å². The molecule has 0 unspecified atom stereocenters. The molecular formula is C17H20N4O2S. The monoisotopic (exact) mass is 344 g/mol. The van der Waals surface area contributed by atoms with Gasteiger partial charge in [-0.25, -0.2) is 0 Å². The van der Waals surface area contributed by atoms with Gasteiger partial charge >= 0.3 is 0 Å². The van der Waals surface area contributed by atoms with Gasteiger partial charge in [0.05, 0.1) is 12.9 Å². The Morgan fingerprint density at radius 1 is 1.42 bits per heavy atom. The first-order valence-electron chi connectivity index (χ1n) is 7.82. The van der Waals surface area contributed by atoms with E-state index in [1.807, 2.05) is 28.8 Å². The van der Waals surface area contributed by atoms with E-state index >= 15 is 0 Å². The second-order valence-corrected chi connectivity index (χ2v) is 6.51. The SMILES string of the molecule is C=CCn1c(SCC(=O)NC2CC2)nnc1-c1ccc(OC)cc1. The molecule has 0 spiro atoms. The van der Waals surface area contributed by atoms with E-state index < -0.39 is 0 Å². The van der Waals surface area contributed by atoms with Gasteiger partial charge < -0.3 is 10.1 Å². The van der Waals surface area contributed by atoms with Crippen molar-refractivity contribution in [3.63, 3.8) is 0 Å². The number of hydrogen-bond acceptors (Lipinski definition) is 5. The number of nitrogens with zero attached hydrogens (tertiary/aromatic N) is 3. The average molecular weight is 344 g/mol. The van der Waals surface area contributed by atoms with Crippen LogP contribution < -0.4 is 10.1 Å². The van der Waals surface area contributed by atoms with Crippen molar-refractivity contribution in [3.8, 4) is 17.1 Å². The predicted molar refractivity (Wildman–Crippen MR) is 94.1 cm³/mol. The molecule has 6 nitrogen and oxygen atoms in total. The van der Waals surface area contributed by atoms with Crippen LogP contribution in [0.15, 0.2) is 42.1 Å². The fraction of sp³-hybridized carbons (Fsp3) is 0.353. The molecule has 126 valence electrons. The van der Waals surface area contributed by atoms with E-state index in [1.165, 1.54) is 11.8 Å². The minimum absolute atomic E-state index is 0.0432. The van der Waals surface area contributed by atoms with Gasteiger partial charge in [-0.1, -0.05) is 17.8 Å². The molecule has 1 heterocycles. The first kappa shape index (κ1) is 16.6. The highest BCUT2D eigenvalue weighted by Gasteiger charge is 2.23. The van der Waals surface area contributed by atoms with Crippen molar-refractivity contribution in [1.29, 1.82) is 0 Å². The summed E-state index contributed by atoms with van der Waals surface area (Å²) in [5, 5.41) is 12.2. The molecule has 1 aromatic heterocycles. The number of hydrogen-bond donors (Lipinski definition) is 1. The highest BCUT2D eigenvalue weighted by molar-refractivity contribution is 7.99. The quantitative estimate of drug-likeness (QED) is 0.589. The molecule has 3 rings (SSSR count). The van der Waals surface area contributed by atoms with E-state index in [0.717, 1.165) is 30.0 Å². The summed E-state index contributed by atoms with van der Waals surface area (Å²) in [5.41, 5.74) is 0.944. The standard InChI is InChI=1S/C17H20N4O2S/c1-3-10-21-16(12-4-8-14(23-2)9-5-12)19-20-17(21)24-11-15(22)18-13-6-7-13/h3-5,8-9,13H,1,6-7,10-11H2,2H3,(H,18,22). The Bertz CT molecular complexity index is 723. The van der Waals surface area contributed by atoms with Gasteiger partial charge in [0.15, 0.2) is 11.0 Å². The fourth-order valence-corrected chi connectivity index (χ4v) is 3.03. The van der Waals surface area contributed by atoms with E-state index in [1.54, 1.807) is 13.2 Å². The zero-order valence-electron chi connectivity index (χ0n) is 13.6. The van der Waals surface area contributed by atoms with Crippen LogP contribution in [0.3, 0.4) is 0 Å². The van der Waals surface area contributed by atoms with E-state index in [0.29, 0.717) is 23.5 Å². The number of carbonyl (C=O) groups is 1. The number of ether oxygens (including phenoxy) is 1. The maximum Gasteiger partial charge on any atom is 0.230 e. The van der Waals surface area contributed by atoms with Crippen LogP contribution in [0.4, 0.5) is 0 Å². The Balaban J connectivity index is 1.75. The number of aromatic nitrogens is 3. The molecule has 1 aliphatic rings. The van der Waals surface area contributed by atoms with Gasteiger partial charge in [-0.15, -0.1) is 16.8 Å². The number of methoxy groups -OCH3 is 1. The molecular weight excluding hydrogens is 324 g/mol. The first-order chi connectivity index (χ1) is 11.7. The van der Waals surface area contributed by atoms with Crippen LogP contribution >= 0.6 is 11.8 Å². The summed E-state index contributed by atoms with van der Waals surface area (Å²) < 4.78 is 7.14. The average Bonchev–Trinajstić information content (AvgIpc) is 3.32. The smallest absolute Gasteiger partial charge is 0.230 e. The fourth-order valence-electron chi connectivity index (χ4n) is 2.27. The zero-order valence-corrected chi connectivity index (χ0v) is 14.4. The summed E-state index contributed by atoms with van der Waals surface area (Å²) in [6.45, 7) is 4.38. The Morgan fingerprint density at radius 3 is 2.79 bits per heavy atom. The minimum Gasteiger partial charge on any atom is -0.497 e. The van der Waals surface area contributed by atoms with Crippen molar-refractivity contribution in [1.82, 2.24) is 20.1 Å². The number of allylic oxidation sites excluding steroid dienone is 1. The molecule has 0 bridgehead atoms. The van der Waals surface area contributed by atoms with Crippen molar-refractivity contribution < 1.29 is 9.53 Å². The third-order valence-corrected chi connectivity index (χ3v) is 4.62. The second-order valence-electron chi connectivity index (χ2n) is 5.56. The molecule has 0 aliphatic heterocycles. The third-order valence-electron chi connectivity index (χ3n) is 3.65. The lowest BCUT2D eigenvalue weighted by Crippen LogP contribution is -2.27. The number of rotatable bonds is 8. The van der Waals surface area contributed by atoms with Crippen LogP contribution in [-0.4, -0.2) is 39.6 Å². The summed E-state index contributed by atoms with van der Waals surface area (Å²) in [6.07, 6.45) is 3.97. The Kier molecular flexibility index (Phi) is 5.20. The normalized spacial score (nSPS) is 13.5. The lowest BCUT2D eigenvalue weighted by Gasteiger charge is -2.08. The molecule has 0 radical (unpaired) electrons. The van der Waals surface area contributed by atoms with Crippen LogP contribution in [0.25, 0.3) is 11.4 Å². The number of thioether (sulfide) groups is 1. The number of carbonyl (C=O) groups excluding carboxylic acids is 1. The zero-order chi connectivity index (χ0) is 16.9. The summed E-state index contributed by atoms with van der Waals surface area (Å²) in [7, 11) is 1.64. The second kappa shape index (κ2) is 7.53. The number of benzene rings is 1. The van der Waals surface area contributed by atoms with Gasteiger partial charge in [0.25, 0.3) is 0 Å². The summed E-state index contributed by atoms with van der Waals surface area (Å²) >= 11 is 1.39. The molecule has 0 saturated heterocycles. The Labute approximate surface area is 145 Å². The van der Waals surface area contributed by atoms with Crippen molar-refractivity contribution in [2.75, 3.05) is 12.9 Å². The molecule has 1 aliphatic carbocycles. The number of amides is 1. The van der Waals surface area contributed by atoms with E-state index in [-0.39, 0.29) is 5.91 Å². The maximum atomic E-state index is 11.9. The van der Waals surface area contributed by atoms with Gasteiger partial charge in [-0.2, -0.15) is 0 Å². The molecule has 0 atom stereocenters. The Morgan fingerprint density at radius 2 is 2.17 bits per heavy atom.